The second kappa shape index (κ2) is 10.3. The molecule has 164 valence electrons. The summed E-state index contributed by atoms with van der Waals surface area (Å²) >= 11 is 6.15. The van der Waals surface area contributed by atoms with E-state index in [9.17, 15) is 4.79 Å². The predicted molar refractivity (Wildman–Crippen MR) is 128 cm³/mol. The van der Waals surface area contributed by atoms with Crippen LogP contribution in [0.2, 0.25) is 5.02 Å². The number of aromatic nitrogens is 2. The summed E-state index contributed by atoms with van der Waals surface area (Å²) in [6, 6.07) is 23.7. The number of hydrogen-bond donors (Lipinski definition) is 1. The first-order chi connectivity index (χ1) is 15.6. The molecule has 0 aliphatic rings. The van der Waals surface area contributed by atoms with Gasteiger partial charge in [0.25, 0.3) is 0 Å². The normalized spacial score (nSPS) is 10.9. The van der Waals surface area contributed by atoms with Gasteiger partial charge in [-0.05, 0) is 47.9 Å². The maximum absolute atomic E-state index is 12.3. The van der Waals surface area contributed by atoms with Gasteiger partial charge in [0.2, 0.25) is 5.91 Å². The number of nitrogens with one attached hydrogen (secondary N) is 1. The molecule has 1 N–H and O–H groups in total. The number of rotatable bonds is 9. The number of carbonyl (C=O) groups is 1. The average molecular weight is 448 g/mol. The highest BCUT2D eigenvalue weighted by Crippen LogP contribution is 2.20. The molecule has 0 saturated heterocycles. The highest BCUT2D eigenvalue weighted by Gasteiger charge is 2.12. The predicted octanol–water partition coefficient (Wildman–Crippen LogP) is 5.04. The van der Waals surface area contributed by atoms with Crippen molar-refractivity contribution in [1.82, 2.24) is 14.9 Å². The molecule has 1 amide bonds. The Labute approximate surface area is 193 Å². The van der Waals surface area contributed by atoms with Crippen molar-refractivity contribution >= 4 is 28.5 Å². The molecule has 0 aliphatic carbocycles. The molecule has 5 nitrogen and oxygen atoms in total. The van der Waals surface area contributed by atoms with Gasteiger partial charge in [-0.25, -0.2) is 4.98 Å². The molecule has 1 heterocycles. The molecule has 0 fully saturated rings. The van der Waals surface area contributed by atoms with E-state index in [1.54, 1.807) is 13.2 Å². The molecule has 32 heavy (non-hydrogen) atoms. The highest BCUT2D eigenvalue weighted by molar-refractivity contribution is 6.31. The number of ether oxygens (including phenoxy) is 1. The number of nitrogens with zero attached hydrogens (tertiary/aromatic N) is 2. The molecule has 0 spiro atoms. The van der Waals surface area contributed by atoms with Crippen LogP contribution in [-0.2, 0) is 24.2 Å². The van der Waals surface area contributed by atoms with Crippen LogP contribution in [0, 0.1) is 0 Å². The smallest absolute Gasteiger partial charge is 0.224 e. The Hall–Kier alpha value is -3.31. The van der Waals surface area contributed by atoms with Gasteiger partial charge < -0.3 is 14.6 Å². The maximum Gasteiger partial charge on any atom is 0.224 e. The zero-order chi connectivity index (χ0) is 22.3. The van der Waals surface area contributed by atoms with Crippen molar-refractivity contribution in [3.8, 4) is 5.75 Å². The van der Waals surface area contributed by atoms with Crippen molar-refractivity contribution in [2.45, 2.75) is 25.8 Å². The van der Waals surface area contributed by atoms with Gasteiger partial charge in [0.1, 0.15) is 11.6 Å². The molecular formula is C26H26ClN3O2. The molecule has 1 aromatic heterocycles. The summed E-state index contributed by atoms with van der Waals surface area (Å²) in [6.45, 7) is 1.33. The average Bonchev–Trinajstić information content (AvgIpc) is 3.16. The van der Waals surface area contributed by atoms with Gasteiger partial charge in [-0.15, -0.1) is 0 Å². The summed E-state index contributed by atoms with van der Waals surface area (Å²) in [5, 5.41) is 3.62. The minimum atomic E-state index is -0.0233. The molecule has 0 unspecified atom stereocenters. The van der Waals surface area contributed by atoms with Gasteiger partial charge in [-0.1, -0.05) is 54.1 Å². The number of halogens is 1. The summed E-state index contributed by atoms with van der Waals surface area (Å²) in [5.74, 6) is 1.84. The second-order valence-corrected chi connectivity index (χ2v) is 8.08. The Balaban J connectivity index is 1.39. The zero-order valence-electron chi connectivity index (χ0n) is 18.1. The topological polar surface area (TPSA) is 56.1 Å². The standard InChI is InChI=1S/C26H26ClN3O2/c1-32-21-14-12-19(13-15-21)18-30-24-10-5-4-9-23(24)29-25(30)11-6-16-28-26(31)17-20-7-2-3-8-22(20)27/h2-5,7-10,12-15H,6,11,16-18H2,1H3,(H,28,31). The Bertz CT molecular complexity index is 1200. The number of carbonyl (C=O) groups excluding carboxylic acids is 1. The third-order valence-electron chi connectivity index (χ3n) is 5.44. The molecular weight excluding hydrogens is 422 g/mol. The number of hydrogen-bond acceptors (Lipinski definition) is 3. The van der Waals surface area contributed by atoms with Gasteiger partial charge >= 0.3 is 0 Å². The van der Waals surface area contributed by atoms with Crippen LogP contribution in [0.5, 0.6) is 5.75 Å². The quantitative estimate of drug-likeness (QED) is 0.366. The van der Waals surface area contributed by atoms with E-state index in [-0.39, 0.29) is 12.3 Å². The fraction of sp³-hybridized carbons (Fsp3) is 0.231. The Kier molecular flexibility index (Phi) is 7.07. The first kappa shape index (κ1) is 21.9. The largest absolute Gasteiger partial charge is 0.497 e. The number of imidazole rings is 1. The highest BCUT2D eigenvalue weighted by atomic mass is 35.5. The van der Waals surface area contributed by atoms with Gasteiger partial charge in [0.05, 0.1) is 24.6 Å². The van der Waals surface area contributed by atoms with Crippen LogP contribution in [0.4, 0.5) is 0 Å². The summed E-state index contributed by atoms with van der Waals surface area (Å²) in [4.78, 5) is 17.1. The molecule has 0 aliphatic heterocycles. The van der Waals surface area contributed by atoms with Crippen LogP contribution in [0.3, 0.4) is 0 Å². The van der Waals surface area contributed by atoms with Gasteiger partial charge in [-0.3, -0.25) is 4.79 Å². The van der Waals surface area contributed by atoms with Gasteiger partial charge in [0.15, 0.2) is 0 Å². The molecule has 3 aromatic carbocycles. The van der Waals surface area contributed by atoms with Crippen molar-refractivity contribution in [3.63, 3.8) is 0 Å². The molecule has 6 heteroatoms. The van der Waals surface area contributed by atoms with Crippen molar-refractivity contribution in [1.29, 1.82) is 0 Å². The van der Waals surface area contributed by atoms with E-state index in [1.165, 1.54) is 5.56 Å². The fourth-order valence-electron chi connectivity index (χ4n) is 3.76. The van der Waals surface area contributed by atoms with Crippen molar-refractivity contribution in [2.75, 3.05) is 13.7 Å². The minimum Gasteiger partial charge on any atom is -0.497 e. The summed E-state index contributed by atoms with van der Waals surface area (Å²) in [5.41, 5.74) is 4.12. The van der Waals surface area contributed by atoms with Crippen molar-refractivity contribution < 1.29 is 9.53 Å². The van der Waals surface area contributed by atoms with Crippen LogP contribution in [0.15, 0.2) is 72.8 Å². The monoisotopic (exact) mass is 447 g/mol. The number of amides is 1. The van der Waals surface area contributed by atoms with Crippen molar-refractivity contribution in [2.24, 2.45) is 0 Å². The van der Waals surface area contributed by atoms with Crippen LogP contribution >= 0.6 is 11.6 Å². The lowest BCUT2D eigenvalue weighted by Crippen LogP contribution is -2.26. The molecule has 0 bridgehead atoms. The van der Waals surface area contributed by atoms with Crippen LogP contribution in [0.1, 0.15) is 23.4 Å². The lowest BCUT2D eigenvalue weighted by molar-refractivity contribution is -0.120. The van der Waals surface area contributed by atoms with Gasteiger partial charge in [0, 0.05) is 24.5 Å². The summed E-state index contributed by atoms with van der Waals surface area (Å²) in [6.07, 6.45) is 1.87. The third kappa shape index (κ3) is 5.29. The van der Waals surface area contributed by atoms with E-state index in [4.69, 9.17) is 21.3 Å². The number of methoxy groups -OCH3 is 1. The Morgan fingerprint density at radius 3 is 2.56 bits per heavy atom. The lowest BCUT2D eigenvalue weighted by atomic mass is 10.1. The first-order valence-electron chi connectivity index (χ1n) is 10.7. The van der Waals surface area contributed by atoms with E-state index in [1.807, 2.05) is 48.5 Å². The van der Waals surface area contributed by atoms with E-state index in [2.05, 4.69) is 28.1 Å². The van der Waals surface area contributed by atoms with Crippen LogP contribution < -0.4 is 10.1 Å². The fourth-order valence-corrected chi connectivity index (χ4v) is 3.96. The second-order valence-electron chi connectivity index (χ2n) is 7.67. The Morgan fingerprint density at radius 2 is 1.78 bits per heavy atom. The van der Waals surface area contributed by atoms with Crippen molar-refractivity contribution in [3.05, 3.63) is 94.8 Å². The molecule has 0 saturated carbocycles. The molecule has 0 radical (unpaired) electrons. The van der Waals surface area contributed by atoms with Gasteiger partial charge in [-0.2, -0.15) is 0 Å². The van der Waals surface area contributed by atoms with E-state index in [0.717, 1.165) is 47.6 Å². The number of benzene rings is 3. The number of aryl methyl sites for hydroxylation is 1. The molecule has 4 aromatic rings. The molecule has 0 atom stereocenters. The minimum absolute atomic E-state index is 0.0233. The van der Waals surface area contributed by atoms with E-state index in [0.29, 0.717) is 11.6 Å². The maximum atomic E-state index is 12.3. The Morgan fingerprint density at radius 1 is 1.03 bits per heavy atom. The number of fused-ring (bicyclic) bond motifs is 1. The number of para-hydroxylation sites is 2. The van der Waals surface area contributed by atoms with E-state index < -0.39 is 0 Å². The SMILES string of the molecule is COc1ccc(Cn2c(CCCNC(=O)Cc3ccccc3Cl)nc3ccccc32)cc1. The van der Waals surface area contributed by atoms with Crippen LogP contribution in [0.25, 0.3) is 11.0 Å². The first-order valence-corrected chi connectivity index (χ1v) is 11.1. The summed E-state index contributed by atoms with van der Waals surface area (Å²) in [7, 11) is 1.67. The third-order valence-corrected chi connectivity index (χ3v) is 5.81. The summed E-state index contributed by atoms with van der Waals surface area (Å²) < 4.78 is 7.52. The van der Waals surface area contributed by atoms with E-state index >= 15 is 0 Å². The lowest BCUT2D eigenvalue weighted by Gasteiger charge is -2.11. The zero-order valence-corrected chi connectivity index (χ0v) is 18.8. The van der Waals surface area contributed by atoms with Crippen LogP contribution in [-0.4, -0.2) is 29.1 Å². The molecule has 4 rings (SSSR count).